The minimum Gasteiger partial charge on any atom is -0.398 e. The molecule has 0 radical (unpaired) electrons. The van der Waals surface area contributed by atoms with E-state index in [9.17, 15) is 0 Å². The first-order valence-electron chi connectivity index (χ1n) is 5.20. The van der Waals surface area contributed by atoms with Gasteiger partial charge in [-0.3, -0.25) is 0 Å². The molecule has 88 valence electrons. The summed E-state index contributed by atoms with van der Waals surface area (Å²) in [6, 6.07) is 13.8. The van der Waals surface area contributed by atoms with Crippen molar-refractivity contribution >= 4 is 43.2 Å². The van der Waals surface area contributed by atoms with Crippen LogP contribution in [0.3, 0.4) is 0 Å². The molecule has 0 aliphatic rings. The smallest absolute Gasteiger partial charge is 0.0631 e. The number of benzene rings is 2. The molecule has 2 rings (SSSR count). The highest BCUT2D eigenvalue weighted by molar-refractivity contribution is 9.11. The van der Waals surface area contributed by atoms with Crippen LogP contribution in [0.15, 0.2) is 51.4 Å². The maximum atomic E-state index is 5.90. The Bertz CT molecular complexity index is 506. The Balaban J connectivity index is 2.16. The second kappa shape index (κ2) is 5.56. The second-order valence-corrected chi connectivity index (χ2v) is 5.36. The number of nitrogens with one attached hydrogen (secondary N) is 1. The summed E-state index contributed by atoms with van der Waals surface area (Å²) in [6.45, 7) is 0.702. The summed E-state index contributed by atoms with van der Waals surface area (Å²) in [6.07, 6.45) is 0. The predicted octanol–water partition coefficient (Wildman–Crippen LogP) is 4.41. The third-order valence-electron chi connectivity index (χ3n) is 2.47. The molecule has 17 heavy (non-hydrogen) atoms. The summed E-state index contributed by atoms with van der Waals surface area (Å²) >= 11 is 7.03. The number of hydrogen-bond donors (Lipinski definition) is 2. The molecule has 0 spiro atoms. The number of rotatable bonds is 3. The topological polar surface area (TPSA) is 38.0 Å². The Labute approximate surface area is 117 Å². The van der Waals surface area contributed by atoms with E-state index in [0.29, 0.717) is 6.54 Å². The highest BCUT2D eigenvalue weighted by Gasteiger charge is 2.04. The van der Waals surface area contributed by atoms with Crippen molar-refractivity contribution in [3.8, 4) is 0 Å². The van der Waals surface area contributed by atoms with E-state index in [2.05, 4.69) is 37.2 Å². The van der Waals surface area contributed by atoms with Gasteiger partial charge in [-0.1, -0.05) is 24.3 Å². The first-order valence-corrected chi connectivity index (χ1v) is 6.78. The summed E-state index contributed by atoms with van der Waals surface area (Å²) in [7, 11) is 0. The first-order chi connectivity index (χ1) is 8.18. The van der Waals surface area contributed by atoms with Gasteiger partial charge in [0.1, 0.15) is 0 Å². The zero-order chi connectivity index (χ0) is 12.3. The van der Waals surface area contributed by atoms with Gasteiger partial charge in [-0.15, -0.1) is 0 Å². The minimum atomic E-state index is 0.702. The standard InChI is InChI=1S/C13H12Br2N2/c14-10-5-3-6-11(15)13(10)17-8-9-4-1-2-7-12(9)16/h1-7,17H,8,16H2. The largest absolute Gasteiger partial charge is 0.398 e. The minimum absolute atomic E-state index is 0.702. The fourth-order valence-corrected chi connectivity index (χ4v) is 2.82. The molecule has 2 nitrogen and oxygen atoms in total. The molecular weight excluding hydrogens is 344 g/mol. The molecule has 0 amide bonds. The summed E-state index contributed by atoms with van der Waals surface area (Å²) in [5.74, 6) is 0. The zero-order valence-corrected chi connectivity index (χ0v) is 12.3. The van der Waals surface area contributed by atoms with E-state index < -0.39 is 0 Å². The average Bonchev–Trinajstić information content (AvgIpc) is 2.30. The molecule has 0 saturated heterocycles. The fourth-order valence-electron chi connectivity index (χ4n) is 1.55. The summed E-state index contributed by atoms with van der Waals surface area (Å²) in [4.78, 5) is 0. The maximum Gasteiger partial charge on any atom is 0.0631 e. The zero-order valence-electron chi connectivity index (χ0n) is 9.08. The van der Waals surface area contributed by atoms with Crippen molar-refractivity contribution in [1.82, 2.24) is 0 Å². The summed E-state index contributed by atoms with van der Waals surface area (Å²) < 4.78 is 2.06. The van der Waals surface area contributed by atoms with Crippen molar-refractivity contribution in [3.05, 3.63) is 57.0 Å². The molecule has 3 N–H and O–H groups in total. The van der Waals surface area contributed by atoms with E-state index >= 15 is 0 Å². The normalized spacial score (nSPS) is 10.2. The fraction of sp³-hybridized carbons (Fsp3) is 0.0769. The van der Waals surface area contributed by atoms with Gasteiger partial charge >= 0.3 is 0 Å². The monoisotopic (exact) mass is 354 g/mol. The van der Waals surface area contributed by atoms with Crippen LogP contribution >= 0.6 is 31.9 Å². The molecule has 0 heterocycles. The molecule has 0 aliphatic heterocycles. The van der Waals surface area contributed by atoms with Crippen molar-refractivity contribution < 1.29 is 0 Å². The van der Waals surface area contributed by atoms with Gasteiger partial charge in [-0.2, -0.15) is 0 Å². The molecule has 4 heteroatoms. The van der Waals surface area contributed by atoms with Crippen LogP contribution in [0.25, 0.3) is 0 Å². The lowest BCUT2D eigenvalue weighted by Gasteiger charge is -2.12. The van der Waals surface area contributed by atoms with Crippen molar-refractivity contribution in [2.24, 2.45) is 0 Å². The number of anilines is 2. The molecule has 2 aromatic carbocycles. The van der Waals surface area contributed by atoms with Gasteiger partial charge in [0.25, 0.3) is 0 Å². The molecular formula is C13H12Br2N2. The number of halogens is 2. The molecule has 0 bridgehead atoms. The third-order valence-corrected chi connectivity index (χ3v) is 3.80. The highest BCUT2D eigenvalue weighted by atomic mass is 79.9. The number of para-hydroxylation sites is 2. The van der Waals surface area contributed by atoms with Crippen LogP contribution in [0.5, 0.6) is 0 Å². The lowest BCUT2D eigenvalue weighted by atomic mass is 10.2. The molecule has 0 aromatic heterocycles. The van der Waals surface area contributed by atoms with Crippen LogP contribution < -0.4 is 11.1 Å². The van der Waals surface area contributed by atoms with Crippen LogP contribution in [-0.4, -0.2) is 0 Å². The van der Waals surface area contributed by atoms with Crippen LogP contribution in [0.1, 0.15) is 5.56 Å². The molecule has 0 saturated carbocycles. The van der Waals surface area contributed by atoms with E-state index in [1.807, 2.05) is 42.5 Å². The van der Waals surface area contributed by atoms with Gasteiger partial charge in [-0.05, 0) is 55.6 Å². The van der Waals surface area contributed by atoms with Gasteiger partial charge in [0.05, 0.1) is 5.69 Å². The Morgan fingerprint density at radius 2 is 1.59 bits per heavy atom. The first kappa shape index (κ1) is 12.5. The highest BCUT2D eigenvalue weighted by Crippen LogP contribution is 2.31. The summed E-state index contributed by atoms with van der Waals surface area (Å²) in [5.41, 5.74) is 8.84. The van der Waals surface area contributed by atoms with E-state index in [-0.39, 0.29) is 0 Å². The SMILES string of the molecule is Nc1ccccc1CNc1c(Br)cccc1Br. The van der Waals surface area contributed by atoms with Gasteiger partial charge < -0.3 is 11.1 Å². The Kier molecular flexibility index (Phi) is 4.07. The molecule has 0 fully saturated rings. The molecule has 0 aliphatic carbocycles. The van der Waals surface area contributed by atoms with Crippen molar-refractivity contribution in [3.63, 3.8) is 0 Å². The van der Waals surface area contributed by atoms with Gasteiger partial charge in [-0.25, -0.2) is 0 Å². The van der Waals surface area contributed by atoms with Crippen LogP contribution in [-0.2, 0) is 6.54 Å². The van der Waals surface area contributed by atoms with E-state index in [0.717, 1.165) is 25.9 Å². The molecule has 0 atom stereocenters. The quantitative estimate of drug-likeness (QED) is 0.800. The summed E-state index contributed by atoms with van der Waals surface area (Å²) in [5, 5.41) is 3.36. The van der Waals surface area contributed by atoms with Gasteiger partial charge in [0, 0.05) is 21.2 Å². The number of nitrogen functional groups attached to an aromatic ring is 1. The number of hydrogen-bond acceptors (Lipinski definition) is 2. The van der Waals surface area contributed by atoms with Crippen LogP contribution in [0, 0.1) is 0 Å². The lowest BCUT2D eigenvalue weighted by Crippen LogP contribution is -2.03. The van der Waals surface area contributed by atoms with E-state index in [1.54, 1.807) is 0 Å². The van der Waals surface area contributed by atoms with Crippen LogP contribution in [0.4, 0.5) is 11.4 Å². The van der Waals surface area contributed by atoms with E-state index in [4.69, 9.17) is 5.73 Å². The Morgan fingerprint density at radius 1 is 0.941 bits per heavy atom. The van der Waals surface area contributed by atoms with Crippen molar-refractivity contribution in [1.29, 1.82) is 0 Å². The van der Waals surface area contributed by atoms with Crippen LogP contribution in [0.2, 0.25) is 0 Å². The average molecular weight is 356 g/mol. The molecule has 2 aromatic rings. The predicted molar refractivity (Wildman–Crippen MR) is 80.0 cm³/mol. The lowest BCUT2D eigenvalue weighted by molar-refractivity contribution is 1.15. The van der Waals surface area contributed by atoms with Gasteiger partial charge in [0.2, 0.25) is 0 Å². The second-order valence-electron chi connectivity index (χ2n) is 3.65. The number of nitrogens with two attached hydrogens (primary N) is 1. The maximum absolute atomic E-state index is 5.90. The van der Waals surface area contributed by atoms with Crippen molar-refractivity contribution in [2.75, 3.05) is 11.1 Å². The van der Waals surface area contributed by atoms with Gasteiger partial charge in [0.15, 0.2) is 0 Å². The van der Waals surface area contributed by atoms with Crippen molar-refractivity contribution in [2.45, 2.75) is 6.54 Å². The molecule has 0 unspecified atom stereocenters. The Hall–Kier alpha value is -1.000. The third kappa shape index (κ3) is 3.01. The van der Waals surface area contributed by atoms with E-state index in [1.165, 1.54) is 0 Å². The Morgan fingerprint density at radius 3 is 2.24 bits per heavy atom.